The molecular weight excluding hydrogens is 429 g/mol. The second kappa shape index (κ2) is 8.27. The Labute approximate surface area is 172 Å². The highest BCUT2D eigenvalue weighted by Gasteiger charge is 2.32. The number of carboxylic acids is 1. The summed E-state index contributed by atoms with van der Waals surface area (Å²) < 4.78 is 53.5. The number of rotatable bonds is 6. The molecule has 0 fully saturated rings. The standard InChI is InChI=1S/C20H14ClF3O6/c1-10-7-16(28-6-5-18(26)27)12(8-15(10)30-20(22,23)24)17-9-14(25)11-3-2-4-13(21)19(11)29-17/h2-4,7-9H,5-6H2,1H3,(H,26,27). The largest absolute Gasteiger partial charge is 0.573 e. The highest BCUT2D eigenvalue weighted by Crippen LogP contribution is 2.39. The Kier molecular flexibility index (Phi) is 5.93. The normalized spacial score (nSPS) is 11.5. The van der Waals surface area contributed by atoms with Gasteiger partial charge in [-0.25, -0.2) is 0 Å². The Hall–Kier alpha value is -3.20. The number of para-hydroxylation sites is 1. The topological polar surface area (TPSA) is 86.0 Å². The summed E-state index contributed by atoms with van der Waals surface area (Å²) in [5, 5.41) is 9.12. The average Bonchev–Trinajstić information content (AvgIpc) is 2.63. The lowest BCUT2D eigenvalue weighted by Gasteiger charge is -2.16. The zero-order valence-electron chi connectivity index (χ0n) is 15.4. The lowest BCUT2D eigenvalue weighted by molar-refractivity contribution is -0.274. The molecule has 0 spiro atoms. The van der Waals surface area contributed by atoms with E-state index in [0.717, 1.165) is 12.1 Å². The van der Waals surface area contributed by atoms with Crippen molar-refractivity contribution in [1.82, 2.24) is 0 Å². The Morgan fingerprint density at radius 3 is 2.60 bits per heavy atom. The first kappa shape index (κ1) is 21.5. The molecule has 2 aromatic carbocycles. The second-order valence-electron chi connectivity index (χ2n) is 6.25. The van der Waals surface area contributed by atoms with Crippen molar-refractivity contribution in [2.45, 2.75) is 19.7 Å². The van der Waals surface area contributed by atoms with Crippen LogP contribution in [0.3, 0.4) is 0 Å². The highest BCUT2D eigenvalue weighted by atomic mass is 35.5. The van der Waals surface area contributed by atoms with Crippen LogP contribution in [-0.2, 0) is 4.79 Å². The fourth-order valence-electron chi connectivity index (χ4n) is 2.73. The average molecular weight is 443 g/mol. The van der Waals surface area contributed by atoms with E-state index in [2.05, 4.69) is 4.74 Å². The maximum absolute atomic E-state index is 12.8. The molecule has 1 heterocycles. The predicted octanol–water partition coefficient (Wildman–Crippen LogP) is 5.17. The minimum absolute atomic E-state index is 0.0239. The van der Waals surface area contributed by atoms with Gasteiger partial charge in [-0.3, -0.25) is 9.59 Å². The van der Waals surface area contributed by atoms with Gasteiger partial charge in [-0.15, -0.1) is 13.2 Å². The van der Waals surface area contributed by atoms with Crippen LogP contribution in [0.4, 0.5) is 13.2 Å². The number of hydrogen-bond donors (Lipinski definition) is 1. The van der Waals surface area contributed by atoms with E-state index in [4.69, 9.17) is 25.9 Å². The first-order valence-corrected chi connectivity index (χ1v) is 8.90. The van der Waals surface area contributed by atoms with Crippen molar-refractivity contribution in [3.8, 4) is 22.8 Å². The molecule has 0 saturated heterocycles. The van der Waals surface area contributed by atoms with Gasteiger partial charge >= 0.3 is 12.3 Å². The van der Waals surface area contributed by atoms with E-state index in [-0.39, 0.29) is 51.7 Å². The lowest BCUT2D eigenvalue weighted by atomic mass is 10.1. The minimum Gasteiger partial charge on any atom is -0.492 e. The first-order chi connectivity index (χ1) is 14.0. The first-order valence-electron chi connectivity index (χ1n) is 8.53. The third-order valence-electron chi connectivity index (χ3n) is 4.05. The van der Waals surface area contributed by atoms with Crippen LogP contribution in [0, 0.1) is 6.92 Å². The van der Waals surface area contributed by atoms with Gasteiger partial charge in [0.15, 0.2) is 11.0 Å². The predicted molar refractivity (Wildman–Crippen MR) is 102 cm³/mol. The molecule has 3 aromatic rings. The quantitative estimate of drug-likeness (QED) is 0.566. The molecule has 1 N–H and O–H groups in total. The molecule has 6 nitrogen and oxygen atoms in total. The third kappa shape index (κ3) is 4.85. The number of fused-ring (bicyclic) bond motifs is 1. The second-order valence-corrected chi connectivity index (χ2v) is 6.65. The summed E-state index contributed by atoms with van der Waals surface area (Å²) >= 11 is 6.09. The maximum atomic E-state index is 12.8. The molecule has 0 atom stereocenters. The molecule has 0 aliphatic rings. The van der Waals surface area contributed by atoms with E-state index in [1.54, 1.807) is 6.07 Å². The monoisotopic (exact) mass is 442 g/mol. The van der Waals surface area contributed by atoms with Crippen molar-refractivity contribution in [1.29, 1.82) is 0 Å². The smallest absolute Gasteiger partial charge is 0.492 e. The Bertz CT molecular complexity index is 1170. The summed E-state index contributed by atoms with van der Waals surface area (Å²) in [5.74, 6) is -1.73. The van der Waals surface area contributed by atoms with Crippen molar-refractivity contribution in [2.24, 2.45) is 0 Å². The number of aliphatic carboxylic acids is 1. The number of alkyl halides is 3. The highest BCUT2D eigenvalue weighted by molar-refractivity contribution is 6.34. The van der Waals surface area contributed by atoms with Gasteiger partial charge in [0.1, 0.15) is 17.3 Å². The SMILES string of the molecule is Cc1cc(OCCC(=O)O)c(-c2cc(=O)c3cccc(Cl)c3o2)cc1OC(F)(F)F. The number of halogens is 4. The zero-order valence-corrected chi connectivity index (χ0v) is 16.1. The molecule has 0 aliphatic carbocycles. The molecule has 0 aliphatic heterocycles. The molecule has 0 saturated carbocycles. The van der Waals surface area contributed by atoms with Crippen molar-refractivity contribution >= 4 is 28.5 Å². The lowest BCUT2D eigenvalue weighted by Crippen LogP contribution is -2.18. The molecule has 0 amide bonds. The number of benzene rings is 2. The van der Waals surface area contributed by atoms with Crippen LogP contribution in [0.5, 0.6) is 11.5 Å². The fraction of sp³-hybridized carbons (Fsp3) is 0.200. The van der Waals surface area contributed by atoms with Crippen LogP contribution < -0.4 is 14.9 Å². The van der Waals surface area contributed by atoms with Crippen molar-refractivity contribution in [3.63, 3.8) is 0 Å². The molecule has 0 unspecified atom stereocenters. The van der Waals surface area contributed by atoms with E-state index in [1.165, 1.54) is 25.1 Å². The molecule has 158 valence electrons. The van der Waals surface area contributed by atoms with Crippen LogP contribution in [-0.4, -0.2) is 24.0 Å². The van der Waals surface area contributed by atoms with Gasteiger partial charge in [0, 0.05) is 6.07 Å². The number of carbonyl (C=O) groups is 1. The number of carboxylic acid groups (broad SMARTS) is 1. The van der Waals surface area contributed by atoms with Gasteiger partial charge in [-0.1, -0.05) is 17.7 Å². The number of ether oxygens (including phenoxy) is 2. The maximum Gasteiger partial charge on any atom is 0.573 e. The molecule has 30 heavy (non-hydrogen) atoms. The van der Waals surface area contributed by atoms with Crippen LogP contribution >= 0.6 is 11.6 Å². The van der Waals surface area contributed by atoms with E-state index < -0.39 is 23.5 Å². The minimum atomic E-state index is -4.94. The number of aryl methyl sites for hydroxylation is 1. The van der Waals surface area contributed by atoms with E-state index in [9.17, 15) is 22.8 Å². The van der Waals surface area contributed by atoms with Crippen LogP contribution in [0.1, 0.15) is 12.0 Å². The van der Waals surface area contributed by atoms with E-state index >= 15 is 0 Å². The van der Waals surface area contributed by atoms with Crippen molar-refractivity contribution in [2.75, 3.05) is 6.61 Å². The summed E-state index contributed by atoms with van der Waals surface area (Å²) in [6.07, 6.45) is -5.28. The van der Waals surface area contributed by atoms with E-state index in [0.29, 0.717) is 0 Å². The summed E-state index contributed by atoms with van der Waals surface area (Å²) in [6, 6.07) is 7.89. The molecule has 3 rings (SSSR count). The van der Waals surface area contributed by atoms with Crippen LogP contribution in [0.15, 0.2) is 45.6 Å². The number of hydrogen-bond acceptors (Lipinski definition) is 5. The molecule has 1 aromatic heterocycles. The van der Waals surface area contributed by atoms with Gasteiger partial charge in [-0.2, -0.15) is 0 Å². The van der Waals surface area contributed by atoms with Gasteiger partial charge in [-0.05, 0) is 36.8 Å². The van der Waals surface area contributed by atoms with E-state index in [1.807, 2.05) is 0 Å². The third-order valence-corrected chi connectivity index (χ3v) is 4.35. The summed E-state index contributed by atoms with van der Waals surface area (Å²) in [5.41, 5.74) is -0.354. The molecule has 10 heteroatoms. The van der Waals surface area contributed by atoms with Gasteiger partial charge in [0.2, 0.25) is 0 Å². The fourth-order valence-corrected chi connectivity index (χ4v) is 2.95. The Balaban J connectivity index is 2.18. The van der Waals surface area contributed by atoms with Gasteiger partial charge in [0.05, 0.1) is 29.0 Å². The van der Waals surface area contributed by atoms with Crippen LogP contribution in [0.2, 0.25) is 5.02 Å². The van der Waals surface area contributed by atoms with Crippen molar-refractivity contribution in [3.05, 3.63) is 57.2 Å². The van der Waals surface area contributed by atoms with Gasteiger partial charge < -0.3 is 19.0 Å². The molecular formula is C20H14ClF3O6. The summed E-state index contributed by atoms with van der Waals surface area (Å²) in [4.78, 5) is 23.2. The Morgan fingerprint density at radius 1 is 1.20 bits per heavy atom. The van der Waals surface area contributed by atoms with Gasteiger partial charge in [0.25, 0.3) is 0 Å². The summed E-state index contributed by atoms with van der Waals surface area (Å²) in [7, 11) is 0. The molecule has 0 radical (unpaired) electrons. The Morgan fingerprint density at radius 2 is 1.93 bits per heavy atom. The molecule has 0 bridgehead atoms. The van der Waals surface area contributed by atoms with Crippen LogP contribution in [0.25, 0.3) is 22.3 Å². The van der Waals surface area contributed by atoms with Crippen molar-refractivity contribution < 1.29 is 37.0 Å². The zero-order chi connectivity index (χ0) is 22.1. The summed E-state index contributed by atoms with van der Waals surface area (Å²) in [6.45, 7) is 1.11.